The highest BCUT2D eigenvalue weighted by Gasteiger charge is 2.53. The van der Waals surface area contributed by atoms with Gasteiger partial charge in [-0.3, -0.25) is 13.8 Å². The molecular formula is C33H32Cl2N3O5S-. The van der Waals surface area contributed by atoms with Crippen molar-refractivity contribution >= 4 is 46.3 Å². The molecule has 0 aromatic heterocycles. The van der Waals surface area contributed by atoms with Crippen molar-refractivity contribution in [2.75, 3.05) is 0 Å². The molecule has 6 atom stereocenters. The molecule has 2 N–H and O–H groups in total. The van der Waals surface area contributed by atoms with E-state index >= 15 is 0 Å². The van der Waals surface area contributed by atoms with Crippen LogP contribution in [-0.2, 0) is 27.4 Å². The number of aliphatic carboxylic acids is 1. The first-order valence-electron chi connectivity index (χ1n) is 14.4. The van der Waals surface area contributed by atoms with Crippen molar-refractivity contribution in [2.45, 2.75) is 57.2 Å². The maximum atomic E-state index is 13.7. The molecule has 5 rings (SSSR count). The van der Waals surface area contributed by atoms with Crippen molar-refractivity contribution in [2.24, 2.45) is 17.3 Å². The van der Waals surface area contributed by atoms with Gasteiger partial charge in [0.1, 0.15) is 0 Å². The smallest absolute Gasteiger partial charge is 0.304 e. The average molecular weight is 654 g/mol. The zero-order valence-electron chi connectivity index (χ0n) is 24.0. The lowest BCUT2D eigenvalue weighted by molar-refractivity contribution is -0.148. The summed E-state index contributed by atoms with van der Waals surface area (Å²) in [4.78, 5) is 25.6. The number of carbonyl (C=O) groups excluding carboxylic acids is 1. The molecule has 1 amide bonds. The second-order valence-electron chi connectivity index (χ2n) is 12.0. The molecule has 0 bridgehead atoms. The topological polar surface area (TPSA) is 134 Å². The van der Waals surface area contributed by atoms with Crippen molar-refractivity contribution in [1.29, 1.82) is 5.26 Å². The number of amides is 1. The molecule has 3 aromatic carbocycles. The van der Waals surface area contributed by atoms with Crippen LogP contribution >= 0.6 is 23.2 Å². The van der Waals surface area contributed by atoms with Crippen LogP contribution in [0.4, 0.5) is 0 Å². The third-order valence-corrected chi connectivity index (χ3v) is 10.1. The zero-order valence-corrected chi connectivity index (χ0v) is 26.3. The van der Waals surface area contributed by atoms with Crippen LogP contribution in [-0.4, -0.2) is 36.1 Å². The number of hydrogen-bond acceptors (Lipinski definition) is 5. The van der Waals surface area contributed by atoms with E-state index in [0.717, 1.165) is 18.4 Å². The van der Waals surface area contributed by atoms with Gasteiger partial charge in [0.25, 0.3) is 0 Å². The van der Waals surface area contributed by atoms with Gasteiger partial charge in [-0.05, 0) is 72.2 Å². The second kappa shape index (κ2) is 13.4. The largest absolute Gasteiger partial charge is 0.760 e. The van der Waals surface area contributed by atoms with Gasteiger partial charge in [0, 0.05) is 45.7 Å². The van der Waals surface area contributed by atoms with Crippen LogP contribution in [0, 0.1) is 28.6 Å². The van der Waals surface area contributed by atoms with Gasteiger partial charge in [0.2, 0.25) is 5.91 Å². The van der Waals surface area contributed by atoms with Crippen LogP contribution in [0.2, 0.25) is 10.0 Å². The van der Waals surface area contributed by atoms with E-state index in [0.29, 0.717) is 26.7 Å². The Kier molecular flexibility index (Phi) is 9.78. The predicted octanol–water partition coefficient (Wildman–Crippen LogP) is 6.38. The standard InChI is InChI=1S/C33H33Cl2N3O5S/c1-33(17-28(39)40)16-27(22-7-4-8-26(35)15-22)30(37-32(33)41)29(20-9-10-20)31(21-11-13-25(34)14-12-21)38(44(42)43)19-24-6-3-2-5-23(24)18-36/h2-8,11-15,20,27,29-31H,9-10,16-17,19H2,1H3,(H,37,41)(H,39,40)(H,42,43)/p-1/t27-,29?,30+,31-,33+/m1/s1. The van der Waals surface area contributed by atoms with Gasteiger partial charge in [-0.1, -0.05) is 72.6 Å². The Morgan fingerprint density at radius 1 is 1.14 bits per heavy atom. The minimum absolute atomic E-state index is 0.0599. The highest BCUT2D eigenvalue weighted by atomic mass is 35.5. The summed E-state index contributed by atoms with van der Waals surface area (Å²) in [5.41, 5.74) is 1.27. The summed E-state index contributed by atoms with van der Waals surface area (Å²) in [5, 5.41) is 23.6. The van der Waals surface area contributed by atoms with Crippen LogP contribution in [0.3, 0.4) is 0 Å². The molecule has 230 valence electrons. The van der Waals surface area contributed by atoms with Crippen LogP contribution < -0.4 is 5.32 Å². The van der Waals surface area contributed by atoms with Gasteiger partial charge >= 0.3 is 5.97 Å². The van der Waals surface area contributed by atoms with E-state index in [-0.39, 0.29) is 37.1 Å². The summed E-state index contributed by atoms with van der Waals surface area (Å²) < 4.78 is 27.7. The number of nitrogens with zero attached hydrogens (tertiary/aromatic N) is 2. The average Bonchev–Trinajstić information content (AvgIpc) is 3.82. The maximum Gasteiger partial charge on any atom is 0.304 e. The van der Waals surface area contributed by atoms with E-state index in [1.807, 2.05) is 18.2 Å². The van der Waals surface area contributed by atoms with E-state index in [1.165, 1.54) is 4.31 Å². The van der Waals surface area contributed by atoms with Gasteiger partial charge in [0.15, 0.2) is 0 Å². The predicted molar refractivity (Wildman–Crippen MR) is 167 cm³/mol. The highest BCUT2D eigenvalue weighted by molar-refractivity contribution is 7.76. The molecule has 0 radical (unpaired) electrons. The van der Waals surface area contributed by atoms with Gasteiger partial charge < -0.3 is 15.0 Å². The normalized spacial score (nSPS) is 23.8. The van der Waals surface area contributed by atoms with Crippen molar-refractivity contribution in [1.82, 2.24) is 9.62 Å². The first-order valence-corrected chi connectivity index (χ1v) is 16.2. The Labute approximate surface area is 269 Å². The Hall–Kier alpha value is -3.26. The molecule has 44 heavy (non-hydrogen) atoms. The highest BCUT2D eigenvalue weighted by Crippen LogP contribution is 2.53. The first kappa shape index (κ1) is 32.1. The quantitative estimate of drug-likeness (QED) is 0.231. The van der Waals surface area contributed by atoms with Crippen LogP contribution in [0.25, 0.3) is 0 Å². The fourth-order valence-electron chi connectivity index (χ4n) is 6.69. The van der Waals surface area contributed by atoms with Crippen LogP contribution in [0.1, 0.15) is 66.8 Å². The lowest BCUT2D eigenvalue weighted by atomic mass is 9.65. The van der Waals surface area contributed by atoms with E-state index in [4.69, 9.17) is 23.2 Å². The molecule has 8 nitrogen and oxygen atoms in total. The number of carboxylic acids is 1. The number of nitriles is 1. The van der Waals surface area contributed by atoms with Crippen molar-refractivity contribution < 1.29 is 23.5 Å². The van der Waals surface area contributed by atoms with Crippen molar-refractivity contribution in [3.63, 3.8) is 0 Å². The number of carboxylic acid groups (broad SMARTS) is 1. The molecule has 2 aliphatic rings. The molecule has 0 spiro atoms. The van der Waals surface area contributed by atoms with Crippen molar-refractivity contribution in [3.05, 3.63) is 105 Å². The summed E-state index contributed by atoms with van der Waals surface area (Å²) in [6.45, 7) is 1.60. The molecule has 3 aromatic rings. The van der Waals surface area contributed by atoms with E-state index in [2.05, 4.69) is 11.4 Å². The molecule has 2 unspecified atom stereocenters. The Morgan fingerprint density at radius 3 is 2.45 bits per heavy atom. The molecule has 2 fully saturated rings. The van der Waals surface area contributed by atoms with E-state index in [1.54, 1.807) is 61.5 Å². The zero-order chi connectivity index (χ0) is 31.6. The van der Waals surface area contributed by atoms with E-state index in [9.17, 15) is 28.7 Å². The Morgan fingerprint density at radius 2 is 1.84 bits per heavy atom. The second-order valence-corrected chi connectivity index (χ2v) is 13.7. The van der Waals surface area contributed by atoms with Crippen LogP contribution in [0.15, 0.2) is 72.8 Å². The first-order chi connectivity index (χ1) is 21.0. The summed E-state index contributed by atoms with van der Waals surface area (Å²) >= 11 is 9.95. The number of piperidine rings is 1. The number of carbonyl (C=O) groups is 2. The van der Waals surface area contributed by atoms with Crippen molar-refractivity contribution in [3.8, 4) is 6.07 Å². The number of halogens is 2. The molecule has 1 aliphatic heterocycles. The fourth-order valence-corrected chi connectivity index (χ4v) is 7.71. The molecule has 11 heteroatoms. The number of hydrogen-bond donors (Lipinski definition) is 2. The summed E-state index contributed by atoms with van der Waals surface area (Å²) in [7, 11) is 0. The van der Waals surface area contributed by atoms with Gasteiger partial charge in [-0.25, -0.2) is 4.31 Å². The van der Waals surface area contributed by atoms with Gasteiger partial charge in [0.05, 0.1) is 29.5 Å². The maximum absolute atomic E-state index is 13.7. The molecular weight excluding hydrogens is 621 g/mol. The third-order valence-electron chi connectivity index (χ3n) is 8.89. The lowest BCUT2D eigenvalue weighted by Gasteiger charge is -2.49. The SMILES string of the molecule is C[C@@]1(CC(=O)O)C[C@H](c2cccc(Cl)c2)[C@@H](C(C2CC2)[C@@H](c2ccc(Cl)cc2)N(Cc2ccccc2C#N)S(=O)[O-])NC1=O. The summed E-state index contributed by atoms with van der Waals surface area (Å²) in [5.74, 6) is -2.14. The third kappa shape index (κ3) is 7.01. The number of rotatable bonds is 11. The Balaban J connectivity index is 1.66. The minimum Gasteiger partial charge on any atom is -0.760 e. The van der Waals surface area contributed by atoms with Gasteiger partial charge in [-0.2, -0.15) is 5.26 Å². The van der Waals surface area contributed by atoms with Crippen LogP contribution in [0.5, 0.6) is 0 Å². The summed E-state index contributed by atoms with van der Waals surface area (Å²) in [6.07, 6.45) is 1.57. The molecule has 1 saturated carbocycles. The molecule has 1 saturated heterocycles. The Bertz CT molecular complexity index is 1610. The molecule has 1 aliphatic carbocycles. The number of benzene rings is 3. The number of nitrogens with one attached hydrogen (secondary N) is 1. The lowest BCUT2D eigenvalue weighted by Crippen LogP contribution is -2.58. The minimum atomic E-state index is -2.73. The molecule has 1 heterocycles. The monoisotopic (exact) mass is 652 g/mol. The fraction of sp³-hybridized carbons (Fsp3) is 0.364. The van der Waals surface area contributed by atoms with E-state index < -0.39 is 40.7 Å². The van der Waals surface area contributed by atoms with Gasteiger partial charge in [-0.15, -0.1) is 0 Å². The summed E-state index contributed by atoms with van der Waals surface area (Å²) in [6, 6.07) is 22.1.